The van der Waals surface area contributed by atoms with Crippen LogP contribution in [0, 0.1) is 5.82 Å². The summed E-state index contributed by atoms with van der Waals surface area (Å²) in [5.41, 5.74) is 6.02. The lowest BCUT2D eigenvalue weighted by Crippen LogP contribution is -2.06. The average molecular weight is 267 g/mol. The molecule has 0 atom stereocenters. The first-order chi connectivity index (χ1) is 9.06. The van der Waals surface area contributed by atoms with Crippen molar-refractivity contribution in [2.24, 2.45) is 5.73 Å². The molecule has 0 unspecified atom stereocenters. The van der Waals surface area contributed by atoms with Crippen LogP contribution in [0.4, 0.5) is 8.78 Å². The lowest BCUT2D eigenvalue weighted by atomic mass is 10.0. The number of nitrogens with two attached hydrogens (primary N) is 1. The topological polar surface area (TPSA) is 52.3 Å². The zero-order valence-electron chi connectivity index (χ0n) is 10.5. The van der Waals surface area contributed by atoms with E-state index in [1.165, 1.54) is 19.2 Å². The van der Waals surface area contributed by atoms with Crippen molar-refractivity contribution in [3.05, 3.63) is 59.3 Å². The van der Waals surface area contributed by atoms with Gasteiger partial charge in [0.2, 0.25) is 0 Å². The predicted octanol–water partition coefficient (Wildman–Crippen LogP) is 2.63. The molecule has 0 radical (unpaired) electrons. The smallest absolute Gasteiger partial charge is 0.333 e. The maximum absolute atomic E-state index is 13.1. The molecule has 0 fully saturated rings. The molecule has 102 valence electrons. The SMILES string of the molecule is COC(=O)/C(=C/C(F)=C\N)CCc1ccc(F)cc1. The van der Waals surface area contributed by atoms with E-state index in [-0.39, 0.29) is 17.8 Å². The van der Waals surface area contributed by atoms with Crippen LogP contribution in [-0.2, 0) is 16.0 Å². The zero-order chi connectivity index (χ0) is 14.3. The van der Waals surface area contributed by atoms with Crippen LogP contribution in [0.1, 0.15) is 12.0 Å². The fourth-order valence-electron chi connectivity index (χ4n) is 1.51. The molecular formula is C14H15F2NO2. The molecule has 1 aromatic carbocycles. The molecule has 0 aliphatic carbocycles. The highest BCUT2D eigenvalue weighted by atomic mass is 19.1. The van der Waals surface area contributed by atoms with E-state index in [9.17, 15) is 13.6 Å². The second kappa shape index (κ2) is 7.31. The van der Waals surface area contributed by atoms with Crippen molar-refractivity contribution < 1.29 is 18.3 Å². The van der Waals surface area contributed by atoms with Crippen LogP contribution >= 0.6 is 0 Å². The minimum absolute atomic E-state index is 0.172. The van der Waals surface area contributed by atoms with Crippen molar-refractivity contribution in [1.82, 2.24) is 0 Å². The van der Waals surface area contributed by atoms with Crippen LogP contribution in [0.15, 0.2) is 47.9 Å². The molecule has 0 heterocycles. The molecule has 0 aromatic heterocycles. The summed E-state index contributed by atoms with van der Waals surface area (Å²) in [5.74, 6) is -1.65. The third-order valence-electron chi connectivity index (χ3n) is 2.52. The van der Waals surface area contributed by atoms with Crippen molar-refractivity contribution >= 4 is 5.97 Å². The quantitative estimate of drug-likeness (QED) is 0.507. The van der Waals surface area contributed by atoms with Gasteiger partial charge >= 0.3 is 5.97 Å². The molecule has 0 saturated heterocycles. The fraction of sp³-hybridized carbons (Fsp3) is 0.214. The van der Waals surface area contributed by atoms with Gasteiger partial charge in [-0.05, 0) is 36.6 Å². The molecule has 1 aromatic rings. The lowest BCUT2D eigenvalue weighted by molar-refractivity contribution is -0.136. The van der Waals surface area contributed by atoms with Gasteiger partial charge in [-0.3, -0.25) is 0 Å². The minimum Gasteiger partial charge on any atom is -0.466 e. The Morgan fingerprint density at radius 3 is 2.53 bits per heavy atom. The highest BCUT2D eigenvalue weighted by molar-refractivity contribution is 5.88. The Hall–Kier alpha value is -2.17. The molecular weight excluding hydrogens is 252 g/mol. The van der Waals surface area contributed by atoms with Crippen molar-refractivity contribution in [3.8, 4) is 0 Å². The Bertz CT molecular complexity index is 493. The van der Waals surface area contributed by atoms with E-state index in [2.05, 4.69) is 4.74 Å². The summed E-state index contributed by atoms with van der Waals surface area (Å²) in [5, 5.41) is 0. The summed E-state index contributed by atoms with van der Waals surface area (Å²) in [6, 6.07) is 5.88. The van der Waals surface area contributed by atoms with Crippen LogP contribution in [0.25, 0.3) is 0 Å². The van der Waals surface area contributed by atoms with Gasteiger partial charge < -0.3 is 10.5 Å². The predicted molar refractivity (Wildman–Crippen MR) is 68.2 cm³/mol. The highest BCUT2D eigenvalue weighted by Gasteiger charge is 2.10. The summed E-state index contributed by atoms with van der Waals surface area (Å²) in [7, 11) is 1.22. The first kappa shape index (κ1) is 14.9. The number of hydrogen-bond donors (Lipinski definition) is 1. The number of allylic oxidation sites excluding steroid dienone is 2. The van der Waals surface area contributed by atoms with Gasteiger partial charge in [0.1, 0.15) is 11.6 Å². The summed E-state index contributed by atoms with van der Waals surface area (Å²) >= 11 is 0. The number of methoxy groups -OCH3 is 1. The van der Waals surface area contributed by atoms with Gasteiger partial charge in [0.15, 0.2) is 0 Å². The second-order valence-corrected chi connectivity index (χ2v) is 3.84. The van der Waals surface area contributed by atoms with Gasteiger partial charge in [0.05, 0.1) is 7.11 Å². The van der Waals surface area contributed by atoms with Crippen molar-refractivity contribution in [2.45, 2.75) is 12.8 Å². The number of carbonyl (C=O) groups excluding carboxylic acids is 1. The Balaban J connectivity index is 2.76. The van der Waals surface area contributed by atoms with E-state index in [4.69, 9.17) is 5.73 Å². The fourth-order valence-corrected chi connectivity index (χ4v) is 1.51. The summed E-state index contributed by atoms with van der Waals surface area (Å²) in [6.07, 6.45) is 2.55. The van der Waals surface area contributed by atoms with Crippen LogP contribution in [0.2, 0.25) is 0 Å². The van der Waals surface area contributed by atoms with Gasteiger partial charge in [0.25, 0.3) is 0 Å². The number of rotatable bonds is 5. The number of benzene rings is 1. The minimum atomic E-state index is -0.709. The summed E-state index contributed by atoms with van der Waals surface area (Å²) in [6.45, 7) is 0. The third kappa shape index (κ3) is 4.91. The average Bonchev–Trinajstić information content (AvgIpc) is 2.43. The number of carbonyl (C=O) groups is 1. The van der Waals surface area contributed by atoms with E-state index in [1.807, 2.05) is 0 Å². The highest BCUT2D eigenvalue weighted by Crippen LogP contribution is 2.14. The van der Waals surface area contributed by atoms with Crippen molar-refractivity contribution in [2.75, 3.05) is 7.11 Å². The molecule has 0 aliphatic heterocycles. The van der Waals surface area contributed by atoms with E-state index < -0.39 is 11.8 Å². The number of aryl methyl sites for hydroxylation is 1. The van der Waals surface area contributed by atoms with Crippen molar-refractivity contribution in [3.63, 3.8) is 0 Å². The molecule has 3 nitrogen and oxygen atoms in total. The zero-order valence-corrected chi connectivity index (χ0v) is 10.5. The van der Waals surface area contributed by atoms with Gasteiger partial charge in [-0.25, -0.2) is 13.6 Å². The largest absolute Gasteiger partial charge is 0.466 e. The Morgan fingerprint density at radius 1 is 1.37 bits per heavy atom. The molecule has 2 N–H and O–H groups in total. The number of hydrogen-bond acceptors (Lipinski definition) is 3. The molecule has 1 rings (SSSR count). The summed E-state index contributed by atoms with van der Waals surface area (Å²) in [4.78, 5) is 11.5. The molecule has 0 spiro atoms. The van der Waals surface area contributed by atoms with E-state index in [0.717, 1.165) is 17.8 Å². The van der Waals surface area contributed by atoms with Crippen LogP contribution in [0.5, 0.6) is 0 Å². The van der Waals surface area contributed by atoms with Crippen molar-refractivity contribution in [1.29, 1.82) is 0 Å². The van der Waals surface area contributed by atoms with Crippen LogP contribution in [-0.4, -0.2) is 13.1 Å². The van der Waals surface area contributed by atoms with Crippen LogP contribution < -0.4 is 5.73 Å². The molecule has 5 heteroatoms. The maximum atomic E-state index is 13.1. The van der Waals surface area contributed by atoms with E-state index >= 15 is 0 Å². The first-order valence-electron chi connectivity index (χ1n) is 5.67. The first-order valence-corrected chi connectivity index (χ1v) is 5.67. The lowest BCUT2D eigenvalue weighted by Gasteiger charge is -2.05. The van der Waals surface area contributed by atoms with Gasteiger partial charge in [-0.15, -0.1) is 0 Å². The van der Waals surface area contributed by atoms with Gasteiger partial charge in [0, 0.05) is 11.8 Å². The number of ether oxygens (including phenoxy) is 1. The van der Waals surface area contributed by atoms with E-state index in [1.54, 1.807) is 12.1 Å². The molecule has 0 amide bonds. The number of halogens is 2. The molecule has 19 heavy (non-hydrogen) atoms. The maximum Gasteiger partial charge on any atom is 0.333 e. The van der Waals surface area contributed by atoms with E-state index in [0.29, 0.717) is 6.42 Å². The molecule has 0 aliphatic rings. The second-order valence-electron chi connectivity index (χ2n) is 3.84. The Labute approximate surface area is 110 Å². The number of esters is 1. The molecule has 0 saturated carbocycles. The Kier molecular flexibility index (Phi) is 5.73. The monoisotopic (exact) mass is 267 g/mol. The normalized spacial score (nSPS) is 12.4. The van der Waals surface area contributed by atoms with Gasteiger partial charge in [-0.2, -0.15) is 0 Å². The third-order valence-corrected chi connectivity index (χ3v) is 2.52. The summed E-state index contributed by atoms with van der Waals surface area (Å²) < 4.78 is 30.4. The van der Waals surface area contributed by atoms with Crippen LogP contribution in [0.3, 0.4) is 0 Å². The standard InChI is InChI=1S/C14H15F2NO2/c1-19-14(18)11(8-13(16)9-17)5-2-10-3-6-12(15)7-4-10/h3-4,6-9H,2,5,17H2,1H3/b11-8+,13-9+. The van der Waals surface area contributed by atoms with Gasteiger partial charge in [-0.1, -0.05) is 12.1 Å². The Morgan fingerprint density at radius 2 is 2.00 bits per heavy atom. The molecule has 0 bridgehead atoms.